The van der Waals surface area contributed by atoms with Gasteiger partial charge in [0.05, 0.1) is 7.11 Å². The van der Waals surface area contributed by atoms with Gasteiger partial charge in [0.1, 0.15) is 0 Å². The van der Waals surface area contributed by atoms with Crippen LogP contribution in [0.1, 0.15) is 5.56 Å². The lowest BCUT2D eigenvalue weighted by molar-refractivity contribution is -0.0702. The Hall–Kier alpha value is -2.10. The summed E-state index contributed by atoms with van der Waals surface area (Å²) in [4.78, 5) is 0. The van der Waals surface area contributed by atoms with Crippen LogP contribution >= 0.6 is 0 Å². The second kappa shape index (κ2) is 6.00. The van der Waals surface area contributed by atoms with E-state index in [4.69, 9.17) is 11.2 Å². The van der Waals surface area contributed by atoms with Crippen molar-refractivity contribution < 1.29 is 31.8 Å². The molecule has 18 heavy (non-hydrogen) atoms. The molecule has 0 saturated carbocycles. The SMILES string of the molecule is C#Cc1cc(OC)c(OC(F)F)c(OC(F)F)c1. The smallest absolute Gasteiger partial charge is 0.387 e. The summed E-state index contributed by atoms with van der Waals surface area (Å²) in [5.74, 6) is 0.681. The first-order valence-electron chi connectivity index (χ1n) is 4.56. The highest BCUT2D eigenvalue weighted by atomic mass is 19.3. The van der Waals surface area contributed by atoms with E-state index in [0.29, 0.717) is 0 Å². The lowest BCUT2D eigenvalue weighted by Gasteiger charge is -2.15. The first-order valence-corrected chi connectivity index (χ1v) is 4.56. The number of alkyl halides is 4. The predicted octanol–water partition coefficient (Wildman–Crippen LogP) is 2.88. The Labute approximate surface area is 100 Å². The summed E-state index contributed by atoms with van der Waals surface area (Å²) in [7, 11) is 1.15. The summed E-state index contributed by atoms with van der Waals surface area (Å²) < 4.78 is 61.5. The molecule has 0 unspecified atom stereocenters. The molecule has 0 heterocycles. The van der Waals surface area contributed by atoms with E-state index in [0.717, 1.165) is 13.2 Å². The van der Waals surface area contributed by atoms with Crippen molar-refractivity contribution in [2.24, 2.45) is 0 Å². The van der Waals surface area contributed by atoms with Gasteiger partial charge in [0.25, 0.3) is 0 Å². The Bertz CT molecular complexity index is 454. The van der Waals surface area contributed by atoms with E-state index in [-0.39, 0.29) is 11.3 Å². The van der Waals surface area contributed by atoms with Crippen LogP contribution in [0.25, 0.3) is 0 Å². The molecule has 7 heteroatoms. The summed E-state index contributed by atoms with van der Waals surface area (Å²) in [6.07, 6.45) is 5.09. The Morgan fingerprint density at radius 1 is 1.06 bits per heavy atom. The Balaban J connectivity index is 3.28. The van der Waals surface area contributed by atoms with E-state index in [1.807, 2.05) is 0 Å². The van der Waals surface area contributed by atoms with E-state index in [9.17, 15) is 17.6 Å². The van der Waals surface area contributed by atoms with Gasteiger partial charge in [0.15, 0.2) is 11.5 Å². The van der Waals surface area contributed by atoms with Gasteiger partial charge >= 0.3 is 13.2 Å². The number of methoxy groups -OCH3 is 1. The molecule has 0 aliphatic rings. The van der Waals surface area contributed by atoms with Crippen LogP contribution in [0.4, 0.5) is 17.6 Å². The van der Waals surface area contributed by atoms with Gasteiger partial charge in [-0.25, -0.2) is 0 Å². The molecule has 0 fully saturated rings. The summed E-state index contributed by atoms with van der Waals surface area (Å²) in [6.45, 7) is -6.42. The van der Waals surface area contributed by atoms with Crippen molar-refractivity contribution in [1.29, 1.82) is 0 Å². The second-order valence-corrected chi connectivity index (χ2v) is 2.91. The molecule has 0 aromatic heterocycles. The standard InChI is InChI=1S/C11H8F4O3/c1-3-6-4-7(16-2)9(18-11(14)15)8(5-6)17-10(12)13/h1,4-5,10-11H,2H3. The number of ether oxygens (including phenoxy) is 3. The molecule has 0 bridgehead atoms. The molecule has 1 aromatic carbocycles. The maximum absolute atomic E-state index is 12.2. The Kier molecular flexibility index (Phi) is 4.66. The molecule has 0 aliphatic carbocycles. The Morgan fingerprint density at radius 2 is 1.61 bits per heavy atom. The zero-order valence-electron chi connectivity index (χ0n) is 9.12. The van der Waals surface area contributed by atoms with E-state index < -0.39 is 24.7 Å². The van der Waals surface area contributed by atoms with E-state index in [1.165, 1.54) is 6.07 Å². The zero-order chi connectivity index (χ0) is 13.7. The average Bonchev–Trinajstić information content (AvgIpc) is 2.29. The van der Waals surface area contributed by atoms with Crippen molar-refractivity contribution in [3.63, 3.8) is 0 Å². The van der Waals surface area contributed by atoms with Crippen LogP contribution in [-0.2, 0) is 0 Å². The monoisotopic (exact) mass is 264 g/mol. The van der Waals surface area contributed by atoms with Crippen LogP contribution in [-0.4, -0.2) is 20.3 Å². The minimum atomic E-state index is -3.21. The molecule has 0 atom stereocenters. The van der Waals surface area contributed by atoms with Gasteiger partial charge in [-0.15, -0.1) is 6.42 Å². The minimum absolute atomic E-state index is 0.129. The third-order valence-electron chi connectivity index (χ3n) is 1.83. The quantitative estimate of drug-likeness (QED) is 0.604. The topological polar surface area (TPSA) is 27.7 Å². The van der Waals surface area contributed by atoms with Crippen molar-refractivity contribution in [1.82, 2.24) is 0 Å². The van der Waals surface area contributed by atoms with Crippen LogP contribution in [0.5, 0.6) is 17.2 Å². The number of terminal acetylenes is 1. The number of hydrogen-bond donors (Lipinski definition) is 0. The molecule has 1 aromatic rings. The summed E-state index contributed by atoms with van der Waals surface area (Å²) in [5.41, 5.74) is 0.129. The molecule has 1 rings (SSSR count). The summed E-state index contributed by atoms with van der Waals surface area (Å²) >= 11 is 0. The molecule has 0 saturated heterocycles. The summed E-state index contributed by atoms with van der Waals surface area (Å²) in [6, 6.07) is 2.17. The van der Waals surface area contributed by atoms with Crippen molar-refractivity contribution >= 4 is 0 Å². The van der Waals surface area contributed by atoms with Crippen LogP contribution in [0.3, 0.4) is 0 Å². The average molecular weight is 264 g/mol. The van der Waals surface area contributed by atoms with Crippen LogP contribution < -0.4 is 14.2 Å². The van der Waals surface area contributed by atoms with Crippen molar-refractivity contribution in [3.05, 3.63) is 17.7 Å². The maximum Gasteiger partial charge on any atom is 0.387 e. The van der Waals surface area contributed by atoms with Crippen LogP contribution in [0.2, 0.25) is 0 Å². The van der Waals surface area contributed by atoms with Crippen molar-refractivity contribution in [2.75, 3.05) is 7.11 Å². The van der Waals surface area contributed by atoms with Gasteiger partial charge in [-0.05, 0) is 6.07 Å². The Morgan fingerprint density at radius 3 is 2.06 bits per heavy atom. The van der Waals surface area contributed by atoms with Crippen molar-refractivity contribution in [2.45, 2.75) is 13.2 Å². The highest BCUT2D eigenvalue weighted by molar-refractivity contribution is 5.57. The lowest BCUT2D eigenvalue weighted by Crippen LogP contribution is -2.09. The molecule has 0 radical (unpaired) electrons. The zero-order valence-corrected chi connectivity index (χ0v) is 9.12. The summed E-state index contributed by atoms with van der Waals surface area (Å²) in [5, 5.41) is 0. The van der Waals surface area contributed by atoms with Gasteiger partial charge in [-0.3, -0.25) is 0 Å². The van der Waals surface area contributed by atoms with Gasteiger partial charge in [0.2, 0.25) is 5.75 Å². The highest BCUT2D eigenvalue weighted by Gasteiger charge is 2.20. The van der Waals surface area contributed by atoms with Gasteiger partial charge in [0, 0.05) is 11.6 Å². The first-order chi connectivity index (χ1) is 8.47. The number of halogens is 4. The van der Waals surface area contributed by atoms with Gasteiger partial charge in [-0.2, -0.15) is 17.6 Å². The van der Waals surface area contributed by atoms with E-state index in [2.05, 4.69) is 15.4 Å². The lowest BCUT2D eigenvalue weighted by atomic mass is 10.2. The predicted molar refractivity (Wildman–Crippen MR) is 54.2 cm³/mol. The molecule has 0 spiro atoms. The number of rotatable bonds is 5. The van der Waals surface area contributed by atoms with E-state index in [1.54, 1.807) is 0 Å². The molecule has 0 N–H and O–H groups in total. The fourth-order valence-corrected chi connectivity index (χ4v) is 1.20. The fraction of sp³-hybridized carbons (Fsp3) is 0.273. The molecule has 98 valence electrons. The number of hydrogen-bond acceptors (Lipinski definition) is 3. The highest BCUT2D eigenvalue weighted by Crippen LogP contribution is 2.40. The molecular weight excluding hydrogens is 256 g/mol. The third kappa shape index (κ3) is 3.45. The third-order valence-corrected chi connectivity index (χ3v) is 1.83. The maximum atomic E-state index is 12.2. The van der Waals surface area contributed by atoms with Crippen LogP contribution in [0, 0.1) is 12.3 Å². The second-order valence-electron chi connectivity index (χ2n) is 2.91. The fourth-order valence-electron chi connectivity index (χ4n) is 1.20. The normalized spacial score (nSPS) is 10.3. The van der Waals surface area contributed by atoms with Crippen LogP contribution in [0.15, 0.2) is 12.1 Å². The van der Waals surface area contributed by atoms with Crippen molar-refractivity contribution in [3.8, 4) is 29.6 Å². The first kappa shape index (κ1) is 14.0. The van der Waals surface area contributed by atoms with Gasteiger partial charge < -0.3 is 14.2 Å². The molecular formula is C11H8F4O3. The largest absolute Gasteiger partial charge is 0.493 e. The number of benzene rings is 1. The van der Waals surface area contributed by atoms with Gasteiger partial charge in [-0.1, -0.05) is 5.92 Å². The molecule has 0 aliphatic heterocycles. The minimum Gasteiger partial charge on any atom is -0.493 e. The molecule has 3 nitrogen and oxygen atoms in total. The molecule has 0 amide bonds. The van der Waals surface area contributed by atoms with E-state index >= 15 is 0 Å².